The molecule has 3 N–H and O–H groups in total. The maximum absolute atomic E-state index is 13.0. The SMILES string of the molecule is Fc1ccc2nc(NC3CCCC3)sc2c1.NC(=O)c1cc(Cl)ccc1-n1cccn1. The molecule has 0 radical (unpaired) electrons. The zero-order valence-electron chi connectivity index (χ0n) is 16.6. The highest BCUT2D eigenvalue weighted by molar-refractivity contribution is 7.22. The van der Waals surface area contributed by atoms with Crippen molar-refractivity contribution in [3.05, 3.63) is 71.3 Å². The van der Waals surface area contributed by atoms with Gasteiger partial charge in [-0.2, -0.15) is 5.10 Å². The maximum Gasteiger partial charge on any atom is 0.250 e. The van der Waals surface area contributed by atoms with Gasteiger partial charge in [-0.25, -0.2) is 14.1 Å². The number of halogens is 2. The monoisotopic (exact) mass is 457 g/mol. The summed E-state index contributed by atoms with van der Waals surface area (Å²) in [5, 5.41) is 8.86. The normalized spacial score (nSPS) is 13.7. The van der Waals surface area contributed by atoms with Gasteiger partial charge in [-0.1, -0.05) is 35.8 Å². The second kappa shape index (κ2) is 9.45. The summed E-state index contributed by atoms with van der Waals surface area (Å²) in [6.07, 6.45) is 8.41. The van der Waals surface area contributed by atoms with Gasteiger partial charge >= 0.3 is 0 Å². The van der Waals surface area contributed by atoms with Crippen molar-refractivity contribution < 1.29 is 9.18 Å². The van der Waals surface area contributed by atoms with Gasteiger partial charge in [0.2, 0.25) is 0 Å². The Balaban J connectivity index is 0.000000150. The standard InChI is InChI=1S/C12H13FN2S.C10H8ClN3O/c13-8-5-6-10-11(7-8)16-12(15-10)14-9-3-1-2-4-9;11-7-2-3-9(8(6-7)10(12)15)14-5-1-4-13-14/h5-7,9H,1-4H2,(H,14,15);1-6H,(H2,12,15). The second-order valence-corrected chi connectivity index (χ2v) is 8.70. The quantitative estimate of drug-likeness (QED) is 0.428. The Kier molecular flexibility index (Phi) is 6.48. The highest BCUT2D eigenvalue weighted by atomic mass is 35.5. The van der Waals surface area contributed by atoms with Crippen molar-refractivity contribution in [3.63, 3.8) is 0 Å². The van der Waals surface area contributed by atoms with Crippen LogP contribution < -0.4 is 11.1 Å². The summed E-state index contributed by atoms with van der Waals surface area (Å²) < 4.78 is 15.5. The van der Waals surface area contributed by atoms with E-state index in [1.807, 2.05) is 0 Å². The van der Waals surface area contributed by atoms with Crippen LogP contribution in [0.1, 0.15) is 36.0 Å². The molecule has 0 spiro atoms. The smallest absolute Gasteiger partial charge is 0.250 e. The predicted octanol–water partition coefficient (Wildman–Crippen LogP) is 5.41. The van der Waals surface area contributed by atoms with Gasteiger partial charge in [0, 0.05) is 23.5 Å². The van der Waals surface area contributed by atoms with Gasteiger partial charge < -0.3 is 11.1 Å². The predicted molar refractivity (Wildman–Crippen MR) is 123 cm³/mol. The summed E-state index contributed by atoms with van der Waals surface area (Å²) >= 11 is 7.32. The number of carbonyl (C=O) groups excluding carboxylic acids is 1. The minimum atomic E-state index is -0.525. The van der Waals surface area contributed by atoms with E-state index in [0.29, 0.717) is 22.3 Å². The molecule has 5 rings (SSSR count). The molecule has 2 heterocycles. The first-order valence-corrected chi connectivity index (χ1v) is 11.1. The molecule has 160 valence electrons. The van der Waals surface area contributed by atoms with Crippen LogP contribution in [0.5, 0.6) is 0 Å². The first-order valence-electron chi connectivity index (χ1n) is 9.91. The largest absolute Gasteiger partial charge is 0.366 e. The van der Waals surface area contributed by atoms with Crippen molar-refractivity contribution in [2.45, 2.75) is 31.7 Å². The number of primary amides is 1. The molecule has 1 aliphatic carbocycles. The Morgan fingerprint density at radius 1 is 1.23 bits per heavy atom. The first-order chi connectivity index (χ1) is 15.0. The van der Waals surface area contributed by atoms with Crippen LogP contribution in [0, 0.1) is 5.82 Å². The van der Waals surface area contributed by atoms with E-state index in [0.717, 1.165) is 15.3 Å². The Bertz CT molecular complexity index is 1190. The number of carbonyl (C=O) groups is 1. The summed E-state index contributed by atoms with van der Waals surface area (Å²) in [6.45, 7) is 0. The molecule has 2 aromatic heterocycles. The third kappa shape index (κ3) is 5.21. The van der Waals surface area contributed by atoms with Gasteiger partial charge in [0.05, 0.1) is 21.5 Å². The number of anilines is 1. The molecule has 6 nitrogen and oxygen atoms in total. The number of nitrogens with one attached hydrogen (secondary N) is 1. The number of aromatic nitrogens is 3. The third-order valence-electron chi connectivity index (χ3n) is 5.01. The molecule has 1 saturated carbocycles. The summed E-state index contributed by atoms with van der Waals surface area (Å²) in [4.78, 5) is 15.6. The van der Waals surface area contributed by atoms with E-state index in [1.54, 1.807) is 47.4 Å². The van der Waals surface area contributed by atoms with E-state index in [1.165, 1.54) is 49.2 Å². The van der Waals surface area contributed by atoms with Gasteiger partial charge in [-0.05, 0) is 55.3 Å². The van der Waals surface area contributed by atoms with E-state index in [2.05, 4.69) is 15.4 Å². The highest BCUT2D eigenvalue weighted by Gasteiger charge is 2.16. The molecule has 0 unspecified atom stereocenters. The second-order valence-electron chi connectivity index (χ2n) is 7.23. The lowest BCUT2D eigenvalue weighted by molar-refractivity contribution is 0.1000. The van der Waals surface area contributed by atoms with E-state index < -0.39 is 5.91 Å². The lowest BCUT2D eigenvalue weighted by Gasteiger charge is -2.09. The van der Waals surface area contributed by atoms with Crippen molar-refractivity contribution >= 4 is 44.2 Å². The molecular formula is C22H21ClFN5OS. The van der Waals surface area contributed by atoms with Gasteiger partial charge in [-0.3, -0.25) is 4.79 Å². The molecule has 9 heteroatoms. The van der Waals surface area contributed by atoms with Crippen molar-refractivity contribution in [2.24, 2.45) is 5.73 Å². The van der Waals surface area contributed by atoms with E-state index in [-0.39, 0.29) is 5.82 Å². The van der Waals surface area contributed by atoms with Crippen LogP contribution >= 0.6 is 22.9 Å². The number of benzene rings is 2. The Labute approximate surface area is 187 Å². The molecule has 1 aliphatic rings. The zero-order chi connectivity index (χ0) is 21.8. The molecule has 4 aromatic rings. The number of nitrogens with two attached hydrogens (primary N) is 1. The van der Waals surface area contributed by atoms with Gasteiger partial charge in [0.1, 0.15) is 5.82 Å². The summed E-state index contributed by atoms with van der Waals surface area (Å²) in [7, 11) is 0. The lowest BCUT2D eigenvalue weighted by atomic mass is 10.1. The molecule has 0 bridgehead atoms. The number of fused-ring (bicyclic) bond motifs is 1. The maximum atomic E-state index is 13.0. The van der Waals surface area contributed by atoms with Crippen molar-refractivity contribution in [3.8, 4) is 5.69 Å². The highest BCUT2D eigenvalue weighted by Crippen LogP contribution is 2.29. The van der Waals surface area contributed by atoms with Gasteiger partial charge in [-0.15, -0.1) is 0 Å². The molecule has 31 heavy (non-hydrogen) atoms. The molecule has 0 saturated heterocycles. The third-order valence-corrected chi connectivity index (χ3v) is 6.19. The van der Waals surface area contributed by atoms with Crippen LogP contribution in [-0.4, -0.2) is 26.7 Å². The molecule has 1 fully saturated rings. The fourth-order valence-electron chi connectivity index (χ4n) is 3.52. The van der Waals surface area contributed by atoms with Crippen molar-refractivity contribution in [1.82, 2.24) is 14.8 Å². The number of hydrogen-bond acceptors (Lipinski definition) is 5. The van der Waals surface area contributed by atoms with Gasteiger partial charge in [0.25, 0.3) is 5.91 Å². The summed E-state index contributed by atoms with van der Waals surface area (Å²) in [5.74, 6) is -0.716. The minimum absolute atomic E-state index is 0.191. The molecule has 0 aliphatic heterocycles. The Hall–Kier alpha value is -2.97. The first kappa shape index (κ1) is 21.3. The average Bonchev–Trinajstić information content (AvgIpc) is 3.50. The van der Waals surface area contributed by atoms with Gasteiger partial charge in [0.15, 0.2) is 5.13 Å². The fraction of sp³-hybridized carbons (Fsp3) is 0.227. The van der Waals surface area contributed by atoms with E-state index in [4.69, 9.17) is 17.3 Å². The van der Waals surface area contributed by atoms with Crippen LogP contribution in [0.4, 0.5) is 9.52 Å². The number of amides is 1. The molecule has 2 aromatic carbocycles. The van der Waals surface area contributed by atoms with Crippen molar-refractivity contribution in [2.75, 3.05) is 5.32 Å². The zero-order valence-corrected chi connectivity index (χ0v) is 18.2. The minimum Gasteiger partial charge on any atom is -0.366 e. The van der Waals surface area contributed by atoms with E-state index in [9.17, 15) is 9.18 Å². The summed E-state index contributed by atoms with van der Waals surface area (Å²) in [5.41, 5.74) is 7.11. The molecule has 1 amide bonds. The number of rotatable bonds is 4. The van der Waals surface area contributed by atoms with Crippen LogP contribution in [0.15, 0.2) is 54.9 Å². The van der Waals surface area contributed by atoms with Crippen LogP contribution in [-0.2, 0) is 0 Å². The number of hydrogen-bond donors (Lipinski definition) is 2. The number of nitrogens with zero attached hydrogens (tertiary/aromatic N) is 3. The topological polar surface area (TPSA) is 85.8 Å². The Morgan fingerprint density at radius 3 is 2.74 bits per heavy atom. The van der Waals surface area contributed by atoms with Crippen LogP contribution in [0.25, 0.3) is 15.9 Å². The lowest BCUT2D eigenvalue weighted by Crippen LogP contribution is -2.14. The fourth-order valence-corrected chi connectivity index (χ4v) is 4.66. The van der Waals surface area contributed by atoms with Crippen molar-refractivity contribution in [1.29, 1.82) is 0 Å². The molecule has 0 atom stereocenters. The summed E-state index contributed by atoms with van der Waals surface area (Å²) in [6, 6.07) is 12.0. The van der Waals surface area contributed by atoms with E-state index >= 15 is 0 Å². The van der Waals surface area contributed by atoms with Crippen LogP contribution in [0.3, 0.4) is 0 Å². The Morgan fingerprint density at radius 2 is 2.03 bits per heavy atom. The molecular weight excluding hydrogens is 437 g/mol. The average molecular weight is 458 g/mol. The number of thiazole rings is 1. The van der Waals surface area contributed by atoms with Crippen LogP contribution in [0.2, 0.25) is 5.02 Å².